The third-order valence-electron chi connectivity index (χ3n) is 4.49. The average Bonchev–Trinajstić information content (AvgIpc) is 2.59. The lowest BCUT2D eigenvalue weighted by Gasteiger charge is -2.20. The van der Waals surface area contributed by atoms with Gasteiger partial charge in [0.2, 0.25) is 5.88 Å². The van der Waals surface area contributed by atoms with E-state index in [2.05, 4.69) is 0 Å². The van der Waals surface area contributed by atoms with Crippen molar-refractivity contribution >= 4 is 32.7 Å². The molecule has 2 N–H and O–H groups in total. The molecule has 4 aromatic rings. The highest BCUT2D eigenvalue weighted by molar-refractivity contribution is 6.18. The number of benzene rings is 2. The van der Waals surface area contributed by atoms with Crippen LogP contribution in [0.1, 0.15) is 13.0 Å². The summed E-state index contributed by atoms with van der Waals surface area (Å²) in [6, 6.07) is 7.62. The molecule has 0 fully saturated rings. The molecule has 0 aliphatic heterocycles. The summed E-state index contributed by atoms with van der Waals surface area (Å²) in [5, 5.41) is 22.7. The molecular formula is C19H17NO5. The number of aromatic nitrogens is 1. The Morgan fingerprint density at radius 2 is 1.88 bits per heavy atom. The van der Waals surface area contributed by atoms with E-state index in [0.717, 1.165) is 5.39 Å². The van der Waals surface area contributed by atoms with Gasteiger partial charge in [-0.25, -0.2) is 0 Å². The first-order valence-electron chi connectivity index (χ1n) is 7.92. The van der Waals surface area contributed by atoms with Gasteiger partial charge in [-0.15, -0.1) is 0 Å². The van der Waals surface area contributed by atoms with Crippen molar-refractivity contribution < 1.29 is 19.4 Å². The van der Waals surface area contributed by atoms with Crippen LogP contribution in [0.3, 0.4) is 0 Å². The summed E-state index contributed by atoms with van der Waals surface area (Å²) in [7, 11) is 1.58. The number of nitrogens with zero attached hydrogens (tertiary/aromatic N) is 1. The number of aromatic hydroxyl groups is 2. The minimum absolute atomic E-state index is 0.0989. The van der Waals surface area contributed by atoms with E-state index in [4.69, 9.17) is 9.15 Å². The fourth-order valence-corrected chi connectivity index (χ4v) is 3.33. The average molecular weight is 339 g/mol. The first kappa shape index (κ1) is 15.5. The molecule has 2 heterocycles. The van der Waals surface area contributed by atoms with Crippen LogP contribution >= 0.6 is 0 Å². The molecule has 4 rings (SSSR count). The molecular weight excluding hydrogens is 322 g/mol. The number of hydrogen-bond donors (Lipinski definition) is 2. The summed E-state index contributed by atoms with van der Waals surface area (Å²) in [4.78, 5) is 12.4. The van der Waals surface area contributed by atoms with Crippen molar-refractivity contribution in [1.82, 2.24) is 4.57 Å². The monoisotopic (exact) mass is 339 g/mol. The van der Waals surface area contributed by atoms with Crippen LogP contribution in [0.15, 0.2) is 45.7 Å². The third kappa shape index (κ3) is 2.26. The zero-order chi connectivity index (χ0) is 17.7. The molecule has 2 aromatic carbocycles. The van der Waals surface area contributed by atoms with E-state index in [9.17, 15) is 15.0 Å². The quantitative estimate of drug-likeness (QED) is 0.441. The van der Waals surface area contributed by atoms with Gasteiger partial charge < -0.3 is 23.9 Å². The Hall–Kier alpha value is -2.99. The molecule has 0 radical (unpaired) electrons. The van der Waals surface area contributed by atoms with Gasteiger partial charge >= 0.3 is 0 Å². The van der Waals surface area contributed by atoms with Gasteiger partial charge in [-0.3, -0.25) is 4.79 Å². The largest absolute Gasteiger partial charge is 0.508 e. The van der Waals surface area contributed by atoms with Crippen molar-refractivity contribution in [3.8, 4) is 11.6 Å². The lowest BCUT2D eigenvalue weighted by Crippen LogP contribution is -2.14. The molecule has 0 bridgehead atoms. The van der Waals surface area contributed by atoms with Crippen molar-refractivity contribution in [3.05, 3.63) is 46.8 Å². The predicted octanol–water partition coefficient (Wildman–Crippen LogP) is 3.52. The summed E-state index contributed by atoms with van der Waals surface area (Å²) in [6.45, 7) is 2.26. The van der Waals surface area contributed by atoms with E-state index in [1.54, 1.807) is 42.1 Å². The molecule has 128 valence electrons. The van der Waals surface area contributed by atoms with Crippen molar-refractivity contribution in [2.75, 3.05) is 13.7 Å². The maximum absolute atomic E-state index is 12.4. The molecule has 25 heavy (non-hydrogen) atoms. The van der Waals surface area contributed by atoms with Gasteiger partial charge in [0.15, 0.2) is 5.43 Å². The Kier molecular flexibility index (Phi) is 3.43. The SMILES string of the molecule is COCC(C)n1cc2c3cc(O)ccc3oc3ccc(=O)c(c1O)c32. The second kappa shape index (κ2) is 5.53. The number of hydrogen-bond acceptors (Lipinski definition) is 5. The summed E-state index contributed by atoms with van der Waals surface area (Å²) in [6.07, 6.45) is 1.77. The van der Waals surface area contributed by atoms with Gasteiger partial charge in [0.05, 0.1) is 18.0 Å². The second-order valence-electron chi connectivity index (χ2n) is 6.17. The zero-order valence-electron chi connectivity index (χ0n) is 13.8. The van der Waals surface area contributed by atoms with Crippen LogP contribution in [0.5, 0.6) is 11.6 Å². The molecule has 1 atom stereocenters. The minimum Gasteiger partial charge on any atom is -0.508 e. The highest BCUT2D eigenvalue weighted by Gasteiger charge is 2.19. The first-order valence-corrected chi connectivity index (χ1v) is 7.92. The molecule has 6 heteroatoms. The number of rotatable bonds is 3. The summed E-state index contributed by atoms with van der Waals surface area (Å²) in [5.74, 6) is -0.0239. The van der Waals surface area contributed by atoms with E-state index in [0.29, 0.717) is 28.5 Å². The Morgan fingerprint density at radius 3 is 2.64 bits per heavy atom. The molecule has 0 saturated carbocycles. The molecule has 0 aliphatic rings. The summed E-state index contributed by atoms with van der Waals surface area (Å²) in [5.41, 5.74) is 0.801. The Morgan fingerprint density at radius 1 is 1.12 bits per heavy atom. The van der Waals surface area contributed by atoms with Gasteiger partial charge in [0.1, 0.15) is 16.9 Å². The molecule has 0 spiro atoms. The maximum atomic E-state index is 12.4. The second-order valence-corrected chi connectivity index (χ2v) is 6.17. The number of pyridine rings is 1. The number of phenolic OH excluding ortho intramolecular Hbond substituents is 1. The van der Waals surface area contributed by atoms with Crippen LogP contribution in [0.2, 0.25) is 0 Å². The Bertz CT molecular complexity index is 1170. The smallest absolute Gasteiger partial charge is 0.203 e. The van der Waals surface area contributed by atoms with Crippen LogP contribution < -0.4 is 5.43 Å². The maximum Gasteiger partial charge on any atom is 0.203 e. The Labute approximate surface area is 142 Å². The summed E-state index contributed by atoms with van der Waals surface area (Å²) >= 11 is 0. The number of ether oxygens (including phenoxy) is 1. The number of phenols is 1. The van der Waals surface area contributed by atoms with Crippen molar-refractivity contribution in [2.24, 2.45) is 0 Å². The molecule has 2 aromatic heterocycles. The zero-order valence-corrected chi connectivity index (χ0v) is 13.8. The van der Waals surface area contributed by atoms with Crippen LogP contribution in [0, 0.1) is 0 Å². The van der Waals surface area contributed by atoms with Gasteiger partial charge in [-0.2, -0.15) is 0 Å². The van der Waals surface area contributed by atoms with E-state index in [1.165, 1.54) is 6.07 Å². The topological polar surface area (TPSA) is 84.8 Å². The van der Waals surface area contributed by atoms with Gasteiger partial charge in [0, 0.05) is 29.5 Å². The number of methoxy groups -OCH3 is 1. The number of fused-ring (bicyclic) bond motifs is 2. The highest BCUT2D eigenvalue weighted by atomic mass is 16.5. The van der Waals surface area contributed by atoms with Crippen LogP contribution in [-0.2, 0) is 4.74 Å². The van der Waals surface area contributed by atoms with Crippen molar-refractivity contribution in [3.63, 3.8) is 0 Å². The van der Waals surface area contributed by atoms with Gasteiger partial charge in [0.25, 0.3) is 0 Å². The van der Waals surface area contributed by atoms with Crippen LogP contribution in [0.4, 0.5) is 0 Å². The van der Waals surface area contributed by atoms with Crippen LogP contribution in [0.25, 0.3) is 32.7 Å². The first-order chi connectivity index (χ1) is 12.0. The Balaban J connectivity index is 2.26. The lowest BCUT2D eigenvalue weighted by molar-refractivity contribution is 0.158. The fourth-order valence-electron chi connectivity index (χ4n) is 3.33. The van der Waals surface area contributed by atoms with Crippen LogP contribution in [-0.4, -0.2) is 28.5 Å². The highest BCUT2D eigenvalue weighted by Crippen LogP contribution is 2.38. The van der Waals surface area contributed by atoms with E-state index >= 15 is 0 Å². The third-order valence-corrected chi connectivity index (χ3v) is 4.49. The fraction of sp³-hybridized carbons (Fsp3) is 0.211. The lowest BCUT2D eigenvalue weighted by atomic mass is 10.0. The molecule has 1 unspecified atom stereocenters. The van der Waals surface area contributed by atoms with Gasteiger partial charge in [-0.05, 0) is 37.3 Å². The van der Waals surface area contributed by atoms with E-state index in [-0.39, 0.29) is 28.5 Å². The van der Waals surface area contributed by atoms with Crippen molar-refractivity contribution in [1.29, 1.82) is 0 Å². The summed E-state index contributed by atoms with van der Waals surface area (Å²) < 4.78 is 12.7. The standard InChI is InChI=1S/C19H17NO5/c1-10(9-24-2)20-8-13-12-7-11(21)3-5-15(12)25-16-6-4-14(22)18(17(13)16)19(20)23/h3-8,10,21,23H,9H2,1-2H3. The molecule has 0 saturated heterocycles. The van der Waals surface area contributed by atoms with Crippen molar-refractivity contribution in [2.45, 2.75) is 13.0 Å². The van der Waals surface area contributed by atoms with E-state index < -0.39 is 0 Å². The molecule has 6 nitrogen and oxygen atoms in total. The predicted molar refractivity (Wildman–Crippen MR) is 95.4 cm³/mol. The van der Waals surface area contributed by atoms with E-state index in [1.807, 2.05) is 6.92 Å². The minimum atomic E-state index is -0.288. The normalized spacial score (nSPS) is 13.0. The molecule has 0 amide bonds. The molecule has 0 aliphatic carbocycles. The van der Waals surface area contributed by atoms with Gasteiger partial charge in [-0.1, -0.05) is 0 Å².